The van der Waals surface area contributed by atoms with Crippen LogP contribution in [0.15, 0.2) is 24.3 Å². The maximum atomic E-state index is 11.6. The van der Waals surface area contributed by atoms with Gasteiger partial charge >= 0.3 is 0 Å². The lowest BCUT2D eigenvalue weighted by Gasteiger charge is -2.73. The van der Waals surface area contributed by atoms with E-state index in [4.69, 9.17) is 5.73 Å². The van der Waals surface area contributed by atoms with Crippen LogP contribution in [0.4, 0.5) is 0 Å². The molecule has 6 rings (SSSR count). The Labute approximate surface area is 129 Å². The third-order valence-electron chi connectivity index (χ3n) is 6.47. The van der Waals surface area contributed by atoms with Gasteiger partial charge in [0.25, 0.3) is 0 Å². The molecule has 3 fully saturated rings. The molecular formula is C18H21N3O. The van der Waals surface area contributed by atoms with E-state index < -0.39 is 0 Å². The van der Waals surface area contributed by atoms with Crippen LogP contribution in [0.1, 0.15) is 43.5 Å². The Kier molecular flexibility index (Phi) is 2.16. The zero-order valence-corrected chi connectivity index (χ0v) is 12.9. The summed E-state index contributed by atoms with van der Waals surface area (Å²) in [7, 11) is 0. The molecule has 4 aliphatic rings. The topological polar surface area (TPSA) is 62.1 Å². The number of hydrogen-bond donors (Lipinski definition) is 2. The molecule has 2 heterocycles. The zero-order chi connectivity index (χ0) is 15.1. The van der Waals surface area contributed by atoms with Gasteiger partial charge in [-0.25, -0.2) is 0 Å². The van der Waals surface area contributed by atoms with Gasteiger partial charge in [-0.05, 0) is 44.2 Å². The van der Waals surface area contributed by atoms with E-state index in [1.807, 2.05) is 0 Å². The van der Waals surface area contributed by atoms with Crippen LogP contribution in [0.5, 0.6) is 0 Å². The Balaban J connectivity index is 1.49. The van der Waals surface area contributed by atoms with Crippen molar-refractivity contribution in [3.8, 4) is 0 Å². The number of fused-ring (bicyclic) bond motifs is 3. The Hall–Kier alpha value is -1.81. The van der Waals surface area contributed by atoms with E-state index in [0.29, 0.717) is 6.04 Å². The second-order valence-corrected chi connectivity index (χ2v) is 7.58. The molecule has 0 spiro atoms. The average molecular weight is 295 g/mol. The third kappa shape index (κ3) is 1.30. The molecule has 1 aromatic carbocycles. The second-order valence-electron chi connectivity index (χ2n) is 7.58. The summed E-state index contributed by atoms with van der Waals surface area (Å²) in [5.41, 5.74) is 9.72. The molecule has 4 nitrogen and oxygen atoms in total. The number of nitrogens with two attached hydrogens (primary N) is 1. The normalized spacial score (nSPS) is 36.5. The van der Waals surface area contributed by atoms with E-state index in [2.05, 4.69) is 41.1 Å². The molecule has 114 valence electrons. The summed E-state index contributed by atoms with van der Waals surface area (Å²) in [6.45, 7) is 3.38. The number of carbonyl (C=O) groups excluding carboxylic acids is 1. The molecule has 1 aliphatic heterocycles. The first-order valence-electron chi connectivity index (χ1n) is 8.21. The first-order chi connectivity index (χ1) is 10.5. The maximum Gasteiger partial charge on any atom is 0.223 e. The van der Waals surface area contributed by atoms with Gasteiger partial charge in [-0.2, -0.15) is 0 Å². The molecule has 4 heteroatoms. The highest BCUT2D eigenvalue weighted by Gasteiger charge is 2.73. The zero-order valence-electron chi connectivity index (χ0n) is 12.9. The Morgan fingerprint density at radius 3 is 2.77 bits per heavy atom. The van der Waals surface area contributed by atoms with Crippen molar-refractivity contribution in [2.45, 2.75) is 44.2 Å². The number of benzene rings is 1. The third-order valence-corrected chi connectivity index (χ3v) is 6.47. The number of aromatic nitrogens is 1. The first kappa shape index (κ1) is 12.7. The van der Waals surface area contributed by atoms with Crippen LogP contribution in [-0.2, 0) is 11.2 Å². The molecule has 1 unspecified atom stereocenters. The van der Waals surface area contributed by atoms with E-state index in [9.17, 15) is 4.79 Å². The van der Waals surface area contributed by atoms with Gasteiger partial charge in [-0.3, -0.25) is 9.69 Å². The van der Waals surface area contributed by atoms with Gasteiger partial charge in [0.2, 0.25) is 5.91 Å². The molecule has 1 aromatic heterocycles. The van der Waals surface area contributed by atoms with Gasteiger partial charge in [0, 0.05) is 34.7 Å². The summed E-state index contributed by atoms with van der Waals surface area (Å²) in [4.78, 5) is 17.8. The van der Waals surface area contributed by atoms with Crippen LogP contribution in [0.3, 0.4) is 0 Å². The molecule has 0 radical (unpaired) electrons. The van der Waals surface area contributed by atoms with Gasteiger partial charge in [-0.15, -0.1) is 0 Å². The quantitative estimate of drug-likeness (QED) is 0.894. The summed E-state index contributed by atoms with van der Waals surface area (Å²) in [6, 6.07) is 8.97. The minimum atomic E-state index is -0.166. The van der Waals surface area contributed by atoms with E-state index in [-0.39, 0.29) is 16.9 Å². The van der Waals surface area contributed by atoms with Crippen LogP contribution in [0.2, 0.25) is 0 Å². The van der Waals surface area contributed by atoms with Crippen molar-refractivity contribution in [2.24, 2.45) is 11.1 Å². The number of para-hydroxylation sites is 1. The lowest BCUT2D eigenvalue weighted by atomic mass is 9.38. The number of amides is 1. The van der Waals surface area contributed by atoms with Crippen molar-refractivity contribution >= 4 is 16.8 Å². The number of primary amides is 1. The maximum absolute atomic E-state index is 11.6. The lowest BCUT2D eigenvalue weighted by Crippen LogP contribution is -2.78. The van der Waals surface area contributed by atoms with Crippen LogP contribution >= 0.6 is 0 Å². The molecule has 2 bridgehead atoms. The number of hydrogen-bond acceptors (Lipinski definition) is 2. The molecule has 1 atom stereocenters. The van der Waals surface area contributed by atoms with Crippen LogP contribution in [0, 0.1) is 5.41 Å². The van der Waals surface area contributed by atoms with Crippen molar-refractivity contribution in [1.29, 1.82) is 0 Å². The van der Waals surface area contributed by atoms with Gasteiger partial charge < -0.3 is 10.7 Å². The average Bonchev–Trinajstić information content (AvgIpc) is 2.77. The second kappa shape index (κ2) is 3.74. The molecule has 3 saturated carbocycles. The number of carbonyl (C=O) groups is 1. The fourth-order valence-corrected chi connectivity index (χ4v) is 5.38. The predicted octanol–water partition coefficient (Wildman–Crippen LogP) is 2.50. The smallest absolute Gasteiger partial charge is 0.223 e. The van der Waals surface area contributed by atoms with Crippen molar-refractivity contribution < 1.29 is 4.79 Å². The largest absolute Gasteiger partial charge is 0.369 e. The summed E-state index contributed by atoms with van der Waals surface area (Å²) in [5.74, 6) is -0.0923. The highest BCUT2D eigenvalue weighted by molar-refractivity contribution is 5.86. The van der Waals surface area contributed by atoms with E-state index in [0.717, 1.165) is 32.2 Å². The molecule has 22 heavy (non-hydrogen) atoms. The first-order valence-corrected chi connectivity index (χ1v) is 8.21. The van der Waals surface area contributed by atoms with Crippen LogP contribution < -0.4 is 5.73 Å². The fraction of sp³-hybridized carbons (Fsp3) is 0.500. The van der Waals surface area contributed by atoms with Crippen molar-refractivity contribution in [3.63, 3.8) is 0 Å². The van der Waals surface area contributed by atoms with E-state index >= 15 is 0 Å². The molecule has 0 saturated heterocycles. The molecule has 3 aliphatic carbocycles. The van der Waals surface area contributed by atoms with Crippen molar-refractivity contribution in [1.82, 2.24) is 9.88 Å². The molecule has 3 N–H and O–H groups in total. The minimum absolute atomic E-state index is 0.0923. The number of rotatable bonds is 2. The van der Waals surface area contributed by atoms with Crippen LogP contribution in [-0.4, -0.2) is 27.9 Å². The summed E-state index contributed by atoms with van der Waals surface area (Å²) < 4.78 is 0. The SMILES string of the molecule is CC1c2[nH]c3ccccc3c2CCN1C12CC(C(N)=O)(C1)C2. The molecular weight excluding hydrogens is 274 g/mol. The van der Waals surface area contributed by atoms with Gasteiger partial charge in [0.15, 0.2) is 0 Å². The summed E-state index contributed by atoms with van der Waals surface area (Å²) >= 11 is 0. The number of H-pyrrole nitrogens is 1. The number of nitrogens with one attached hydrogen (secondary N) is 1. The predicted molar refractivity (Wildman–Crippen MR) is 85.3 cm³/mol. The Morgan fingerprint density at radius 2 is 2.05 bits per heavy atom. The Bertz CT molecular complexity index is 786. The number of aromatic amines is 1. The van der Waals surface area contributed by atoms with Gasteiger partial charge in [0.05, 0.1) is 5.41 Å². The Morgan fingerprint density at radius 1 is 1.32 bits per heavy atom. The standard InChI is InChI=1S/C18H21N3O/c1-11-15-13(12-4-2-3-5-14(12)20-15)6-7-21(11)18-8-17(9-18,10-18)16(19)22/h2-5,11,20H,6-10H2,1H3,(H2,19,22). The van der Waals surface area contributed by atoms with E-state index in [1.54, 1.807) is 0 Å². The fourth-order valence-electron chi connectivity index (χ4n) is 5.38. The summed E-state index contributed by atoms with van der Waals surface area (Å²) in [5, 5.41) is 1.37. The van der Waals surface area contributed by atoms with E-state index in [1.165, 1.54) is 22.2 Å². The van der Waals surface area contributed by atoms with Crippen molar-refractivity contribution in [2.75, 3.05) is 6.54 Å². The van der Waals surface area contributed by atoms with Crippen molar-refractivity contribution in [3.05, 3.63) is 35.5 Å². The van der Waals surface area contributed by atoms with Gasteiger partial charge in [0.1, 0.15) is 0 Å². The lowest BCUT2D eigenvalue weighted by molar-refractivity contribution is -0.226. The highest BCUT2D eigenvalue weighted by Crippen LogP contribution is 2.71. The van der Waals surface area contributed by atoms with Crippen LogP contribution in [0.25, 0.3) is 10.9 Å². The van der Waals surface area contributed by atoms with Gasteiger partial charge in [-0.1, -0.05) is 18.2 Å². The monoisotopic (exact) mass is 295 g/mol. The molecule has 2 aromatic rings. The number of nitrogens with zero attached hydrogens (tertiary/aromatic N) is 1. The minimum Gasteiger partial charge on any atom is -0.369 e. The highest BCUT2D eigenvalue weighted by atomic mass is 16.1. The molecule has 1 amide bonds. The summed E-state index contributed by atoms with van der Waals surface area (Å²) in [6.07, 6.45) is 3.99.